The average Bonchev–Trinajstić information content (AvgIpc) is 2.75. The van der Waals surface area contributed by atoms with Crippen LogP contribution in [0.25, 0.3) is 10.9 Å². The van der Waals surface area contributed by atoms with Gasteiger partial charge in [-0.05, 0) is 35.9 Å². The molecule has 0 unspecified atom stereocenters. The van der Waals surface area contributed by atoms with Gasteiger partial charge in [0.25, 0.3) is 5.56 Å². The first-order valence-corrected chi connectivity index (χ1v) is 10.2. The number of halogens is 2. The Hall–Kier alpha value is -2.65. The Morgan fingerprint density at radius 3 is 2.65 bits per heavy atom. The smallest absolute Gasteiger partial charge is 0.411 e. The van der Waals surface area contributed by atoms with Crippen LogP contribution in [0.5, 0.6) is 0 Å². The van der Waals surface area contributed by atoms with E-state index in [4.69, 9.17) is 37.4 Å². The third-order valence-electron chi connectivity index (χ3n) is 4.30. The predicted octanol–water partition coefficient (Wildman–Crippen LogP) is 3.96. The van der Waals surface area contributed by atoms with Crippen molar-refractivity contribution < 1.29 is 19.0 Å². The van der Waals surface area contributed by atoms with E-state index in [1.54, 1.807) is 43.5 Å². The minimum Gasteiger partial charge on any atom is -0.447 e. The number of amides is 1. The zero-order chi connectivity index (χ0) is 22.2. The van der Waals surface area contributed by atoms with Gasteiger partial charge in [-0.15, -0.1) is 0 Å². The number of carbonyl (C=O) groups is 1. The summed E-state index contributed by atoms with van der Waals surface area (Å²) >= 11 is 12.0. The minimum absolute atomic E-state index is 0.0984. The fourth-order valence-electron chi connectivity index (χ4n) is 2.78. The van der Waals surface area contributed by atoms with Crippen LogP contribution in [0.15, 0.2) is 47.5 Å². The van der Waals surface area contributed by atoms with Crippen molar-refractivity contribution >= 4 is 45.9 Å². The molecule has 31 heavy (non-hydrogen) atoms. The van der Waals surface area contributed by atoms with Crippen LogP contribution in [0.4, 0.5) is 10.5 Å². The molecule has 164 valence electrons. The van der Waals surface area contributed by atoms with E-state index in [1.807, 2.05) is 0 Å². The summed E-state index contributed by atoms with van der Waals surface area (Å²) in [5.41, 5.74) is 1.49. The molecule has 0 atom stereocenters. The summed E-state index contributed by atoms with van der Waals surface area (Å²) in [4.78, 5) is 29.2. The lowest BCUT2D eigenvalue weighted by atomic mass is 10.2. The Morgan fingerprint density at radius 2 is 1.87 bits per heavy atom. The molecule has 3 rings (SSSR count). The van der Waals surface area contributed by atoms with Gasteiger partial charge in [0, 0.05) is 12.8 Å². The maximum Gasteiger partial charge on any atom is 0.411 e. The standard InChI is InChI=1S/C21H21Cl2N3O5/c1-29-6-7-30-8-9-31-21(28)25-15-3-5-19-16(11-15)20(27)26(13-24-19)12-14-2-4-17(22)18(23)10-14/h2-5,10-11,13H,6-9,12H2,1H3,(H,25,28). The summed E-state index contributed by atoms with van der Waals surface area (Å²) in [6, 6.07) is 10.0. The predicted molar refractivity (Wildman–Crippen MR) is 119 cm³/mol. The highest BCUT2D eigenvalue weighted by Crippen LogP contribution is 2.23. The monoisotopic (exact) mass is 465 g/mol. The first kappa shape index (κ1) is 23.0. The number of anilines is 1. The molecule has 0 saturated heterocycles. The largest absolute Gasteiger partial charge is 0.447 e. The lowest BCUT2D eigenvalue weighted by Gasteiger charge is -2.10. The lowest BCUT2D eigenvalue weighted by molar-refractivity contribution is 0.0447. The molecule has 0 radical (unpaired) electrons. The fourth-order valence-corrected chi connectivity index (χ4v) is 3.10. The van der Waals surface area contributed by atoms with Crippen LogP contribution in [0.1, 0.15) is 5.56 Å². The summed E-state index contributed by atoms with van der Waals surface area (Å²) in [6.45, 7) is 1.54. The molecule has 0 aliphatic heterocycles. The van der Waals surface area contributed by atoms with Crippen molar-refractivity contribution in [1.29, 1.82) is 0 Å². The molecule has 0 aliphatic rings. The first-order chi connectivity index (χ1) is 15.0. The molecule has 0 spiro atoms. The Bertz CT molecular complexity index is 1120. The van der Waals surface area contributed by atoms with E-state index in [0.717, 1.165) is 5.56 Å². The molecule has 1 N–H and O–H groups in total. The quantitative estimate of drug-likeness (QED) is 0.480. The molecule has 0 bridgehead atoms. The van der Waals surface area contributed by atoms with Gasteiger partial charge in [0.05, 0.1) is 53.6 Å². The fraction of sp³-hybridized carbons (Fsp3) is 0.286. The molecule has 10 heteroatoms. The first-order valence-electron chi connectivity index (χ1n) is 9.41. The van der Waals surface area contributed by atoms with Crippen LogP contribution in [-0.2, 0) is 20.8 Å². The number of rotatable bonds is 9. The zero-order valence-corrected chi connectivity index (χ0v) is 18.3. The molecule has 8 nitrogen and oxygen atoms in total. The van der Waals surface area contributed by atoms with Gasteiger partial charge < -0.3 is 14.2 Å². The Kier molecular flexibility index (Phi) is 8.25. The van der Waals surface area contributed by atoms with Crippen LogP contribution in [0.2, 0.25) is 10.0 Å². The molecule has 0 fully saturated rings. The molecule has 1 aromatic heterocycles. The number of benzene rings is 2. The molecule has 0 saturated carbocycles. The van der Waals surface area contributed by atoms with Gasteiger partial charge in [0.1, 0.15) is 6.61 Å². The molecule has 3 aromatic rings. The summed E-state index contributed by atoms with van der Waals surface area (Å²) in [6.07, 6.45) is 0.827. The van der Waals surface area contributed by atoms with E-state index >= 15 is 0 Å². The topological polar surface area (TPSA) is 91.7 Å². The van der Waals surface area contributed by atoms with E-state index in [-0.39, 0.29) is 25.3 Å². The van der Waals surface area contributed by atoms with Gasteiger partial charge in [0.2, 0.25) is 0 Å². The normalized spacial score (nSPS) is 10.9. The average molecular weight is 466 g/mol. The van der Waals surface area contributed by atoms with Crippen LogP contribution in [0, 0.1) is 0 Å². The Balaban J connectivity index is 1.68. The van der Waals surface area contributed by atoms with Crippen molar-refractivity contribution in [1.82, 2.24) is 9.55 Å². The van der Waals surface area contributed by atoms with Crippen molar-refractivity contribution in [3.63, 3.8) is 0 Å². The third kappa shape index (κ3) is 6.41. The van der Waals surface area contributed by atoms with Gasteiger partial charge in [-0.1, -0.05) is 29.3 Å². The number of nitrogens with one attached hydrogen (secondary N) is 1. The SMILES string of the molecule is COCCOCCOC(=O)Nc1ccc2ncn(Cc3ccc(Cl)c(Cl)c3)c(=O)c2c1. The molecule has 2 aromatic carbocycles. The van der Waals surface area contributed by atoms with Gasteiger partial charge in [0.15, 0.2) is 0 Å². The minimum atomic E-state index is -0.644. The Morgan fingerprint density at radius 1 is 1.06 bits per heavy atom. The number of fused-ring (bicyclic) bond motifs is 1. The van der Waals surface area contributed by atoms with Crippen LogP contribution in [0.3, 0.4) is 0 Å². The van der Waals surface area contributed by atoms with Crippen molar-refractivity contribution in [2.75, 3.05) is 38.9 Å². The third-order valence-corrected chi connectivity index (χ3v) is 5.04. The summed E-state index contributed by atoms with van der Waals surface area (Å²) in [5.74, 6) is 0. The number of carbonyl (C=O) groups excluding carboxylic acids is 1. The number of hydrogen-bond donors (Lipinski definition) is 1. The van der Waals surface area contributed by atoms with Gasteiger partial charge in [-0.25, -0.2) is 9.78 Å². The van der Waals surface area contributed by atoms with Gasteiger partial charge in [-0.2, -0.15) is 0 Å². The summed E-state index contributed by atoms with van der Waals surface area (Å²) < 4.78 is 16.6. The second kappa shape index (κ2) is 11.1. The van der Waals surface area contributed by atoms with Gasteiger partial charge >= 0.3 is 6.09 Å². The van der Waals surface area contributed by atoms with Crippen molar-refractivity contribution in [3.8, 4) is 0 Å². The van der Waals surface area contributed by atoms with Crippen LogP contribution < -0.4 is 10.9 Å². The molecular formula is C21H21Cl2N3O5. The zero-order valence-electron chi connectivity index (χ0n) is 16.8. The number of hydrogen-bond acceptors (Lipinski definition) is 6. The van der Waals surface area contributed by atoms with Crippen molar-refractivity contribution in [2.45, 2.75) is 6.54 Å². The molecule has 1 amide bonds. The molecular weight excluding hydrogens is 445 g/mol. The number of nitrogens with zero attached hydrogens (tertiary/aromatic N) is 2. The van der Waals surface area contributed by atoms with Crippen LogP contribution in [-0.4, -0.2) is 49.2 Å². The van der Waals surface area contributed by atoms with E-state index in [9.17, 15) is 9.59 Å². The van der Waals surface area contributed by atoms with Crippen LogP contribution >= 0.6 is 23.2 Å². The van der Waals surface area contributed by atoms with Gasteiger partial charge in [-0.3, -0.25) is 14.7 Å². The second-order valence-electron chi connectivity index (χ2n) is 6.52. The number of aromatic nitrogens is 2. The van der Waals surface area contributed by atoms with Crippen molar-refractivity contribution in [2.24, 2.45) is 0 Å². The second-order valence-corrected chi connectivity index (χ2v) is 7.34. The highest BCUT2D eigenvalue weighted by molar-refractivity contribution is 6.42. The number of ether oxygens (including phenoxy) is 3. The Labute approximate surface area is 188 Å². The van der Waals surface area contributed by atoms with Crippen molar-refractivity contribution in [3.05, 3.63) is 68.7 Å². The summed E-state index contributed by atoms with van der Waals surface area (Å²) in [7, 11) is 1.58. The number of methoxy groups -OCH3 is 1. The lowest BCUT2D eigenvalue weighted by Crippen LogP contribution is -2.22. The highest BCUT2D eigenvalue weighted by atomic mass is 35.5. The molecule has 1 heterocycles. The van der Waals surface area contributed by atoms with E-state index < -0.39 is 6.09 Å². The molecule has 0 aliphatic carbocycles. The van der Waals surface area contributed by atoms with E-state index in [1.165, 1.54) is 10.9 Å². The maximum atomic E-state index is 12.9. The highest BCUT2D eigenvalue weighted by Gasteiger charge is 2.09. The van der Waals surface area contributed by atoms with E-state index in [0.29, 0.717) is 39.8 Å². The maximum absolute atomic E-state index is 12.9. The van der Waals surface area contributed by atoms with E-state index in [2.05, 4.69) is 10.3 Å². The summed E-state index contributed by atoms with van der Waals surface area (Å²) in [5, 5.41) is 3.82.